The monoisotopic (exact) mass is 372 g/mol. The molecular formula is C20H22ClFN4. The van der Waals surface area contributed by atoms with Gasteiger partial charge < -0.3 is 14.8 Å². The van der Waals surface area contributed by atoms with Crippen LogP contribution in [0, 0.1) is 5.82 Å². The Kier molecular flexibility index (Phi) is 4.59. The van der Waals surface area contributed by atoms with Crippen LogP contribution in [0.1, 0.15) is 25.5 Å². The maximum Gasteiger partial charge on any atom is 0.129 e. The molecule has 0 radical (unpaired) electrons. The predicted molar refractivity (Wildman–Crippen MR) is 105 cm³/mol. The van der Waals surface area contributed by atoms with Gasteiger partial charge in [0.1, 0.15) is 5.82 Å². The van der Waals surface area contributed by atoms with Crippen molar-refractivity contribution in [1.82, 2.24) is 14.9 Å². The second-order valence-electron chi connectivity index (χ2n) is 6.97. The summed E-state index contributed by atoms with van der Waals surface area (Å²) in [7, 11) is 0. The molecule has 1 unspecified atom stereocenters. The molecule has 0 amide bonds. The fourth-order valence-electron chi connectivity index (χ4n) is 3.68. The first-order chi connectivity index (χ1) is 12.5. The number of benzene rings is 2. The third-order valence-electron chi connectivity index (χ3n) is 5.12. The fraction of sp³-hybridized carbons (Fsp3) is 0.350. The highest BCUT2D eigenvalue weighted by atomic mass is 35.5. The van der Waals surface area contributed by atoms with E-state index in [-0.39, 0.29) is 11.9 Å². The van der Waals surface area contributed by atoms with Gasteiger partial charge in [-0.3, -0.25) is 0 Å². The second-order valence-corrected chi connectivity index (χ2v) is 7.40. The van der Waals surface area contributed by atoms with Gasteiger partial charge in [-0.2, -0.15) is 0 Å². The Morgan fingerprint density at radius 1 is 1.27 bits per heavy atom. The van der Waals surface area contributed by atoms with Crippen molar-refractivity contribution in [3.05, 3.63) is 59.1 Å². The Morgan fingerprint density at radius 3 is 2.88 bits per heavy atom. The molecule has 26 heavy (non-hydrogen) atoms. The van der Waals surface area contributed by atoms with Crippen molar-refractivity contribution < 1.29 is 4.39 Å². The molecule has 4 rings (SSSR count). The van der Waals surface area contributed by atoms with Crippen molar-refractivity contribution >= 4 is 28.3 Å². The SMILES string of the molecule is CC(c1ccc(Cl)cc1F)n1cnc2ccc(N3CCN[C@H](C)C3)cc21. The lowest BCUT2D eigenvalue weighted by Crippen LogP contribution is -2.49. The molecule has 1 fully saturated rings. The molecule has 0 aliphatic carbocycles. The van der Waals surface area contributed by atoms with Gasteiger partial charge in [-0.05, 0) is 44.2 Å². The summed E-state index contributed by atoms with van der Waals surface area (Å²) in [5, 5.41) is 3.87. The number of halogens is 2. The van der Waals surface area contributed by atoms with E-state index in [1.54, 1.807) is 18.5 Å². The lowest BCUT2D eigenvalue weighted by Gasteiger charge is -2.33. The summed E-state index contributed by atoms with van der Waals surface area (Å²) in [6.07, 6.45) is 1.79. The highest BCUT2D eigenvalue weighted by Gasteiger charge is 2.19. The number of fused-ring (bicyclic) bond motifs is 1. The van der Waals surface area contributed by atoms with Gasteiger partial charge in [0.2, 0.25) is 0 Å². The zero-order valence-corrected chi connectivity index (χ0v) is 15.7. The van der Waals surface area contributed by atoms with Crippen molar-refractivity contribution in [3.8, 4) is 0 Å². The summed E-state index contributed by atoms with van der Waals surface area (Å²) in [6.45, 7) is 7.10. The van der Waals surface area contributed by atoms with Crippen molar-refractivity contribution in [2.45, 2.75) is 25.9 Å². The second kappa shape index (κ2) is 6.89. The zero-order chi connectivity index (χ0) is 18.3. The molecule has 3 aromatic rings. The molecule has 136 valence electrons. The highest BCUT2D eigenvalue weighted by Crippen LogP contribution is 2.29. The van der Waals surface area contributed by atoms with E-state index in [9.17, 15) is 4.39 Å². The normalized spacial score (nSPS) is 19.1. The number of hydrogen-bond donors (Lipinski definition) is 1. The van der Waals surface area contributed by atoms with Crippen molar-refractivity contribution in [2.75, 3.05) is 24.5 Å². The van der Waals surface area contributed by atoms with Gasteiger partial charge in [0.05, 0.1) is 23.4 Å². The van der Waals surface area contributed by atoms with E-state index in [4.69, 9.17) is 11.6 Å². The Labute approximate surface area is 157 Å². The van der Waals surface area contributed by atoms with Crippen LogP contribution < -0.4 is 10.2 Å². The van der Waals surface area contributed by atoms with Crippen LogP contribution >= 0.6 is 11.6 Å². The van der Waals surface area contributed by atoms with Crippen LogP contribution in [0.15, 0.2) is 42.7 Å². The van der Waals surface area contributed by atoms with Gasteiger partial charge in [0.15, 0.2) is 0 Å². The molecule has 2 aromatic carbocycles. The topological polar surface area (TPSA) is 33.1 Å². The average molecular weight is 373 g/mol. The Bertz CT molecular complexity index is 939. The van der Waals surface area contributed by atoms with Crippen LogP contribution in [0.2, 0.25) is 5.02 Å². The average Bonchev–Trinajstić information content (AvgIpc) is 3.04. The first-order valence-corrected chi connectivity index (χ1v) is 9.30. The van der Waals surface area contributed by atoms with Crippen LogP contribution in [0.3, 0.4) is 0 Å². The molecule has 0 saturated carbocycles. The van der Waals surface area contributed by atoms with Crippen molar-refractivity contribution in [2.24, 2.45) is 0 Å². The standard InChI is InChI=1S/C20H22ClFN4/c1-13-11-25(8-7-23-13)16-4-6-19-20(10-16)26(12-24-19)14(2)17-5-3-15(21)9-18(17)22/h3-6,9-10,12-14,23H,7-8,11H2,1-2H3/t13-,14?/m1/s1. The van der Waals surface area contributed by atoms with Gasteiger partial charge in [0, 0.05) is 41.9 Å². The third kappa shape index (κ3) is 3.17. The molecule has 1 N–H and O–H groups in total. The number of anilines is 1. The van der Waals surface area contributed by atoms with E-state index in [1.165, 1.54) is 11.8 Å². The first kappa shape index (κ1) is 17.3. The quantitative estimate of drug-likeness (QED) is 0.746. The van der Waals surface area contributed by atoms with E-state index in [2.05, 4.69) is 34.3 Å². The Balaban J connectivity index is 1.72. The van der Waals surface area contributed by atoms with Gasteiger partial charge in [-0.25, -0.2) is 9.37 Å². The van der Waals surface area contributed by atoms with Gasteiger partial charge in [0.25, 0.3) is 0 Å². The highest BCUT2D eigenvalue weighted by molar-refractivity contribution is 6.30. The minimum atomic E-state index is -0.293. The molecule has 1 aromatic heterocycles. The molecule has 2 atom stereocenters. The lowest BCUT2D eigenvalue weighted by molar-refractivity contribution is 0.485. The van der Waals surface area contributed by atoms with Crippen molar-refractivity contribution in [3.63, 3.8) is 0 Å². The molecule has 1 aliphatic rings. The van der Waals surface area contributed by atoms with E-state index in [1.807, 2.05) is 17.6 Å². The number of piperazine rings is 1. The number of imidazole rings is 1. The molecule has 4 nitrogen and oxygen atoms in total. The summed E-state index contributed by atoms with van der Waals surface area (Å²) >= 11 is 5.89. The molecule has 6 heteroatoms. The number of hydrogen-bond acceptors (Lipinski definition) is 3. The summed E-state index contributed by atoms with van der Waals surface area (Å²) in [5.41, 5.74) is 3.71. The number of nitrogens with one attached hydrogen (secondary N) is 1. The molecule has 0 spiro atoms. The lowest BCUT2D eigenvalue weighted by atomic mass is 10.1. The zero-order valence-electron chi connectivity index (χ0n) is 14.9. The minimum absolute atomic E-state index is 0.172. The molecule has 0 bridgehead atoms. The largest absolute Gasteiger partial charge is 0.369 e. The van der Waals surface area contributed by atoms with E-state index in [0.29, 0.717) is 16.6 Å². The summed E-state index contributed by atoms with van der Waals surface area (Å²) in [6, 6.07) is 11.4. The van der Waals surface area contributed by atoms with Crippen LogP contribution in [0.4, 0.5) is 10.1 Å². The molecular weight excluding hydrogens is 351 g/mol. The van der Waals surface area contributed by atoms with Gasteiger partial charge in [-0.15, -0.1) is 0 Å². The number of nitrogens with zero attached hydrogens (tertiary/aromatic N) is 3. The Morgan fingerprint density at radius 2 is 2.12 bits per heavy atom. The fourth-order valence-corrected chi connectivity index (χ4v) is 3.84. The van der Waals surface area contributed by atoms with Crippen LogP contribution in [0.25, 0.3) is 11.0 Å². The predicted octanol–water partition coefficient (Wildman–Crippen LogP) is 4.24. The van der Waals surface area contributed by atoms with Gasteiger partial charge in [-0.1, -0.05) is 17.7 Å². The van der Waals surface area contributed by atoms with Gasteiger partial charge >= 0.3 is 0 Å². The van der Waals surface area contributed by atoms with E-state index >= 15 is 0 Å². The number of aromatic nitrogens is 2. The maximum absolute atomic E-state index is 14.4. The van der Waals surface area contributed by atoms with Crippen molar-refractivity contribution in [1.29, 1.82) is 0 Å². The first-order valence-electron chi connectivity index (χ1n) is 8.93. The van der Waals surface area contributed by atoms with Crippen LogP contribution in [0.5, 0.6) is 0 Å². The summed E-state index contributed by atoms with van der Waals surface area (Å²) < 4.78 is 16.4. The minimum Gasteiger partial charge on any atom is -0.369 e. The van der Waals surface area contributed by atoms with E-state index in [0.717, 1.165) is 30.7 Å². The van der Waals surface area contributed by atoms with Crippen LogP contribution in [-0.4, -0.2) is 35.2 Å². The molecule has 1 aliphatic heterocycles. The summed E-state index contributed by atoms with van der Waals surface area (Å²) in [5.74, 6) is -0.293. The van der Waals surface area contributed by atoms with E-state index < -0.39 is 0 Å². The maximum atomic E-state index is 14.4. The molecule has 1 saturated heterocycles. The third-order valence-corrected chi connectivity index (χ3v) is 5.36. The summed E-state index contributed by atoms with van der Waals surface area (Å²) in [4.78, 5) is 6.88. The smallest absolute Gasteiger partial charge is 0.129 e. The molecule has 2 heterocycles. The van der Waals surface area contributed by atoms with Crippen LogP contribution in [-0.2, 0) is 0 Å². The number of rotatable bonds is 3. The Hall–Kier alpha value is -2.11.